The molecule has 1 saturated heterocycles. The van der Waals surface area contributed by atoms with E-state index in [1.807, 2.05) is 6.92 Å². The van der Waals surface area contributed by atoms with Crippen molar-refractivity contribution in [1.82, 2.24) is 10.2 Å². The van der Waals surface area contributed by atoms with Crippen molar-refractivity contribution in [1.29, 1.82) is 0 Å². The van der Waals surface area contributed by atoms with Crippen LogP contribution < -0.4 is 5.32 Å². The number of thioether (sulfide) groups is 1. The van der Waals surface area contributed by atoms with Crippen LogP contribution in [0.3, 0.4) is 0 Å². The zero-order valence-electron chi connectivity index (χ0n) is 11.1. The maximum Gasteiger partial charge on any atom is 0.442 e. The summed E-state index contributed by atoms with van der Waals surface area (Å²) >= 11 is 1.21. The Morgan fingerprint density at radius 2 is 2.26 bits per heavy atom. The number of carbonyl (C=O) groups is 3. The van der Waals surface area contributed by atoms with Gasteiger partial charge in [0.15, 0.2) is 0 Å². The highest BCUT2D eigenvalue weighted by atomic mass is 32.2. The van der Waals surface area contributed by atoms with Crippen LogP contribution in [-0.2, 0) is 14.4 Å². The molecular formula is C11H17N3O4S. The highest BCUT2D eigenvalue weighted by Gasteiger charge is 2.23. The van der Waals surface area contributed by atoms with Crippen molar-refractivity contribution in [3.8, 4) is 0 Å². The van der Waals surface area contributed by atoms with E-state index in [0.717, 1.165) is 4.90 Å². The summed E-state index contributed by atoms with van der Waals surface area (Å²) < 4.78 is 0. The fourth-order valence-corrected chi connectivity index (χ4v) is 2.10. The number of amides is 3. The van der Waals surface area contributed by atoms with E-state index in [1.165, 1.54) is 18.8 Å². The zero-order chi connectivity index (χ0) is 14.4. The van der Waals surface area contributed by atoms with Crippen LogP contribution in [0.5, 0.6) is 0 Å². The summed E-state index contributed by atoms with van der Waals surface area (Å²) in [5, 5.41) is 6.85. The second-order valence-electron chi connectivity index (χ2n) is 4.07. The Labute approximate surface area is 115 Å². The van der Waals surface area contributed by atoms with E-state index in [0.29, 0.717) is 11.5 Å². The number of hydrogen-bond acceptors (Lipinski definition) is 6. The minimum atomic E-state index is -0.823. The molecule has 0 aromatic heterocycles. The summed E-state index contributed by atoms with van der Waals surface area (Å²) in [4.78, 5) is 39.7. The van der Waals surface area contributed by atoms with Crippen molar-refractivity contribution in [3.05, 3.63) is 0 Å². The molecule has 1 unspecified atom stereocenters. The van der Waals surface area contributed by atoms with E-state index in [1.54, 1.807) is 6.92 Å². The van der Waals surface area contributed by atoms with Gasteiger partial charge in [-0.2, -0.15) is 0 Å². The number of oxime groups is 1. The molecule has 7 nitrogen and oxygen atoms in total. The lowest BCUT2D eigenvalue weighted by molar-refractivity contribution is -0.128. The third-order valence-corrected chi connectivity index (χ3v) is 3.55. The Hall–Kier alpha value is -1.57. The highest BCUT2D eigenvalue weighted by molar-refractivity contribution is 8.14. The molecule has 1 aliphatic rings. The van der Waals surface area contributed by atoms with E-state index in [2.05, 4.69) is 10.5 Å². The molecule has 0 radical (unpaired) electrons. The van der Waals surface area contributed by atoms with Gasteiger partial charge in [-0.05, 0) is 13.3 Å². The number of nitrogens with one attached hydrogen (secondary N) is 1. The van der Waals surface area contributed by atoms with Gasteiger partial charge >= 0.3 is 6.09 Å². The molecule has 19 heavy (non-hydrogen) atoms. The molecule has 106 valence electrons. The van der Waals surface area contributed by atoms with Gasteiger partial charge in [0, 0.05) is 13.5 Å². The molecule has 1 atom stereocenters. The molecule has 1 rings (SSSR count). The number of carbonyl (C=O) groups excluding carboxylic acids is 3. The molecular weight excluding hydrogens is 270 g/mol. The Kier molecular flexibility index (Phi) is 5.81. The van der Waals surface area contributed by atoms with Crippen LogP contribution in [0.1, 0.15) is 26.7 Å². The van der Waals surface area contributed by atoms with Crippen LogP contribution in [0.4, 0.5) is 4.79 Å². The molecule has 1 N–H and O–H groups in total. The predicted octanol–water partition coefficient (Wildman–Crippen LogP) is 0.946. The SMILES string of the molecule is CCCC(=O)N(C)C(=O)ON=C1SCC(=O)NC1C. The number of nitrogens with zero attached hydrogens (tertiary/aromatic N) is 2. The third kappa shape index (κ3) is 4.55. The molecule has 0 aromatic carbocycles. The van der Waals surface area contributed by atoms with Gasteiger partial charge in [0.1, 0.15) is 5.04 Å². The lowest BCUT2D eigenvalue weighted by atomic mass is 10.3. The standard InChI is InChI=1S/C11H17N3O4S/c1-4-5-9(16)14(3)11(17)18-13-10-7(2)12-8(15)6-19-10/h7H,4-6H2,1-3H3,(H,12,15). The van der Waals surface area contributed by atoms with Crippen LogP contribution in [-0.4, -0.2) is 46.7 Å². The van der Waals surface area contributed by atoms with Gasteiger partial charge in [0.2, 0.25) is 11.8 Å². The Bertz CT molecular complexity index is 411. The number of imide groups is 1. The molecule has 1 heterocycles. The summed E-state index contributed by atoms with van der Waals surface area (Å²) in [5.74, 6) is -0.158. The molecule has 1 fully saturated rings. The van der Waals surface area contributed by atoms with Crippen molar-refractivity contribution >= 4 is 34.7 Å². The van der Waals surface area contributed by atoms with Crippen LogP contribution in [0.25, 0.3) is 0 Å². The van der Waals surface area contributed by atoms with Crippen molar-refractivity contribution in [3.63, 3.8) is 0 Å². The van der Waals surface area contributed by atoms with Crippen molar-refractivity contribution in [2.45, 2.75) is 32.7 Å². The molecule has 0 bridgehead atoms. The average Bonchev–Trinajstić information content (AvgIpc) is 2.36. The molecule has 0 saturated carbocycles. The maximum atomic E-state index is 11.6. The second-order valence-corrected chi connectivity index (χ2v) is 5.06. The minimum absolute atomic E-state index is 0.0852. The van der Waals surface area contributed by atoms with E-state index in [4.69, 9.17) is 4.84 Å². The first kappa shape index (κ1) is 15.5. The van der Waals surface area contributed by atoms with E-state index >= 15 is 0 Å². The Morgan fingerprint density at radius 3 is 2.84 bits per heavy atom. The molecule has 0 aliphatic carbocycles. The summed E-state index contributed by atoms with van der Waals surface area (Å²) in [5.41, 5.74) is 0. The molecule has 3 amide bonds. The van der Waals surface area contributed by atoms with E-state index in [-0.39, 0.29) is 30.0 Å². The first-order valence-corrected chi connectivity index (χ1v) is 6.91. The molecule has 8 heteroatoms. The fourth-order valence-electron chi connectivity index (χ4n) is 1.34. The van der Waals surface area contributed by atoms with Crippen LogP contribution >= 0.6 is 11.8 Å². The van der Waals surface area contributed by atoms with Gasteiger partial charge in [-0.25, -0.2) is 9.69 Å². The predicted molar refractivity (Wildman–Crippen MR) is 71.7 cm³/mol. The largest absolute Gasteiger partial charge is 0.442 e. The number of hydrogen-bond donors (Lipinski definition) is 1. The van der Waals surface area contributed by atoms with Gasteiger partial charge in [-0.1, -0.05) is 23.8 Å². The van der Waals surface area contributed by atoms with Crippen molar-refractivity contribution in [2.75, 3.05) is 12.8 Å². The Morgan fingerprint density at radius 1 is 1.58 bits per heavy atom. The van der Waals surface area contributed by atoms with Gasteiger partial charge < -0.3 is 5.32 Å². The molecule has 1 aliphatic heterocycles. The lowest BCUT2D eigenvalue weighted by Crippen LogP contribution is -2.43. The highest BCUT2D eigenvalue weighted by Crippen LogP contribution is 2.13. The van der Waals surface area contributed by atoms with Crippen LogP contribution in [0, 0.1) is 0 Å². The van der Waals surface area contributed by atoms with Gasteiger partial charge in [-0.15, -0.1) is 0 Å². The Balaban J connectivity index is 2.53. The topological polar surface area (TPSA) is 88.1 Å². The third-order valence-electron chi connectivity index (χ3n) is 2.42. The molecule has 0 aromatic rings. The quantitative estimate of drug-likeness (QED) is 0.616. The number of rotatable bonds is 3. The van der Waals surface area contributed by atoms with Crippen LogP contribution in [0.15, 0.2) is 5.16 Å². The van der Waals surface area contributed by atoms with Crippen LogP contribution in [0.2, 0.25) is 0 Å². The van der Waals surface area contributed by atoms with Crippen molar-refractivity contribution < 1.29 is 19.2 Å². The summed E-state index contributed by atoms with van der Waals surface area (Å²) in [6, 6.07) is -0.296. The lowest BCUT2D eigenvalue weighted by Gasteiger charge is -2.20. The normalized spacial score (nSPS) is 20.9. The monoisotopic (exact) mass is 287 g/mol. The molecule has 0 spiro atoms. The maximum absolute atomic E-state index is 11.6. The van der Waals surface area contributed by atoms with E-state index < -0.39 is 6.09 Å². The first-order chi connectivity index (χ1) is 8.95. The fraction of sp³-hybridized carbons (Fsp3) is 0.636. The van der Waals surface area contributed by atoms with E-state index in [9.17, 15) is 14.4 Å². The summed E-state index contributed by atoms with van der Waals surface area (Å²) in [7, 11) is 1.35. The minimum Gasteiger partial charge on any atom is -0.347 e. The summed E-state index contributed by atoms with van der Waals surface area (Å²) in [6.45, 7) is 3.59. The van der Waals surface area contributed by atoms with Crippen molar-refractivity contribution in [2.24, 2.45) is 5.16 Å². The first-order valence-electron chi connectivity index (χ1n) is 5.93. The summed E-state index contributed by atoms with van der Waals surface area (Å²) in [6.07, 6.45) is 0.114. The second kappa shape index (κ2) is 7.13. The zero-order valence-corrected chi connectivity index (χ0v) is 12.0. The van der Waals surface area contributed by atoms with Gasteiger partial charge in [0.05, 0.1) is 11.8 Å². The van der Waals surface area contributed by atoms with Gasteiger partial charge in [0.25, 0.3) is 0 Å². The average molecular weight is 287 g/mol. The smallest absolute Gasteiger partial charge is 0.347 e. The van der Waals surface area contributed by atoms with Gasteiger partial charge in [-0.3, -0.25) is 14.4 Å².